The minimum Gasteiger partial charge on any atom is -0.469 e. The maximum Gasteiger partial charge on any atom is 0.323 e. The lowest BCUT2D eigenvalue weighted by Crippen LogP contribution is -2.42. The van der Waals surface area contributed by atoms with Crippen LogP contribution in [0.2, 0.25) is 0 Å². The number of carbonyl (C=O) groups is 2. The van der Waals surface area contributed by atoms with Crippen LogP contribution in [0.4, 0.5) is 10.6 Å². The molecule has 1 saturated heterocycles. The van der Waals surface area contributed by atoms with Crippen LogP contribution in [0.1, 0.15) is 39.2 Å². The van der Waals surface area contributed by atoms with Gasteiger partial charge in [0.1, 0.15) is 0 Å². The second kappa shape index (κ2) is 5.86. The molecule has 0 radical (unpaired) electrons. The van der Waals surface area contributed by atoms with Crippen LogP contribution in [-0.2, 0) is 9.53 Å². The number of ether oxygens (including phenoxy) is 1. The van der Waals surface area contributed by atoms with Crippen molar-refractivity contribution in [3.63, 3.8) is 0 Å². The van der Waals surface area contributed by atoms with Crippen LogP contribution in [0.5, 0.6) is 0 Å². The molecule has 0 unspecified atom stereocenters. The van der Waals surface area contributed by atoms with E-state index in [0.29, 0.717) is 18.9 Å². The molecule has 126 valence electrons. The Bertz CT molecular complexity index is 602. The van der Waals surface area contributed by atoms with Crippen molar-refractivity contribution in [1.82, 2.24) is 14.7 Å². The van der Waals surface area contributed by atoms with Gasteiger partial charge in [-0.25, -0.2) is 4.79 Å². The van der Waals surface area contributed by atoms with Gasteiger partial charge < -0.3 is 9.64 Å². The van der Waals surface area contributed by atoms with Gasteiger partial charge in [-0.1, -0.05) is 0 Å². The number of urea groups is 1. The van der Waals surface area contributed by atoms with Gasteiger partial charge in [0.05, 0.1) is 13.0 Å². The van der Waals surface area contributed by atoms with E-state index in [1.54, 1.807) is 11.0 Å². The third-order valence-electron chi connectivity index (χ3n) is 5.09. The number of aromatic nitrogens is 2. The lowest BCUT2D eigenvalue weighted by molar-refractivity contribution is -0.143. The van der Waals surface area contributed by atoms with Gasteiger partial charge >= 0.3 is 12.0 Å². The van der Waals surface area contributed by atoms with E-state index in [1.807, 2.05) is 24.7 Å². The number of hydrogen-bond donors (Lipinski definition) is 1. The highest BCUT2D eigenvalue weighted by atomic mass is 16.5. The molecule has 7 heteroatoms. The summed E-state index contributed by atoms with van der Waals surface area (Å²) < 4.78 is 6.65. The minimum absolute atomic E-state index is 0.0273. The molecule has 0 bridgehead atoms. The zero-order valence-electron chi connectivity index (χ0n) is 13.9. The number of likely N-dealkylation sites (tertiary alicyclic amines) is 1. The fraction of sp³-hybridized carbons (Fsp3) is 0.688. The number of hydrogen-bond acceptors (Lipinski definition) is 4. The fourth-order valence-corrected chi connectivity index (χ4v) is 3.41. The predicted octanol–water partition coefficient (Wildman–Crippen LogP) is 2.27. The zero-order chi connectivity index (χ0) is 16.6. The Balaban J connectivity index is 1.52. The van der Waals surface area contributed by atoms with E-state index in [9.17, 15) is 9.59 Å². The standard InChI is InChI=1S/C16H24N4O3/c1-11(2)20-7-4-13(18-20)17-15(22)19-8-5-16(6-9-19)10-12(16)14(21)23-3/h4,7,11-12H,5-6,8-10H2,1-3H3,(H,17,18,22)/t12-/m0/s1. The van der Waals surface area contributed by atoms with Gasteiger partial charge in [-0.15, -0.1) is 0 Å². The van der Waals surface area contributed by atoms with Gasteiger partial charge in [-0.3, -0.25) is 14.8 Å². The van der Waals surface area contributed by atoms with E-state index in [-0.39, 0.29) is 29.4 Å². The maximum atomic E-state index is 12.3. The molecular formula is C16H24N4O3. The first-order chi connectivity index (χ1) is 10.9. The molecule has 3 rings (SSSR count). The van der Waals surface area contributed by atoms with Crippen molar-refractivity contribution in [2.75, 3.05) is 25.5 Å². The lowest BCUT2D eigenvalue weighted by Gasteiger charge is -2.32. The van der Waals surface area contributed by atoms with Crippen LogP contribution >= 0.6 is 0 Å². The van der Waals surface area contributed by atoms with Crippen molar-refractivity contribution in [3.05, 3.63) is 12.3 Å². The Hall–Kier alpha value is -2.05. The Kier molecular flexibility index (Phi) is 4.04. The first-order valence-electron chi connectivity index (χ1n) is 8.14. The van der Waals surface area contributed by atoms with Crippen molar-refractivity contribution in [2.45, 2.75) is 39.2 Å². The number of carbonyl (C=O) groups excluding carboxylic acids is 2. The van der Waals surface area contributed by atoms with Gasteiger partial charge in [0, 0.05) is 31.4 Å². The molecule has 1 spiro atoms. The van der Waals surface area contributed by atoms with Gasteiger partial charge in [0.25, 0.3) is 0 Å². The van der Waals surface area contributed by atoms with Gasteiger partial charge in [-0.2, -0.15) is 5.10 Å². The Labute approximate surface area is 136 Å². The van der Waals surface area contributed by atoms with Crippen molar-refractivity contribution in [3.8, 4) is 0 Å². The smallest absolute Gasteiger partial charge is 0.323 e. The number of methoxy groups -OCH3 is 1. The second-order valence-electron chi connectivity index (χ2n) is 6.83. The molecule has 2 heterocycles. The maximum absolute atomic E-state index is 12.3. The third kappa shape index (κ3) is 3.04. The average molecular weight is 320 g/mol. The summed E-state index contributed by atoms with van der Waals surface area (Å²) in [7, 11) is 1.44. The summed E-state index contributed by atoms with van der Waals surface area (Å²) in [5.74, 6) is 0.490. The van der Waals surface area contributed by atoms with Crippen molar-refractivity contribution >= 4 is 17.8 Å². The summed E-state index contributed by atoms with van der Waals surface area (Å²) in [5, 5.41) is 7.17. The highest BCUT2D eigenvalue weighted by Crippen LogP contribution is 2.59. The third-order valence-corrected chi connectivity index (χ3v) is 5.09. The largest absolute Gasteiger partial charge is 0.469 e. The average Bonchev–Trinajstić information content (AvgIpc) is 3.02. The van der Waals surface area contributed by atoms with Crippen LogP contribution < -0.4 is 5.32 Å². The van der Waals surface area contributed by atoms with E-state index in [0.717, 1.165) is 19.3 Å². The molecule has 23 heavy (non-hydrogen) atoms. The normalized spacial score (nSPS) is 22.3. The summed E-state index contributed by atoms with van der Waals surface area (Å²) in [5.41, 5.74) is 0.0725. The van der Waals surface area contributed by atoms with Crippen molar-refractivity contribution in [1.29, 1.82) is 0 Å². The van der Waals surface area contributed by atoms with Gasteiger partial charge in [-0.05, 0) is 38.5 Å². The monoisotopic (exact) mass is 320 g/mol. The summed E-state index contributed by atoms with van der Waals surface area (Å²) >= 11 is 0. The number of nitrogens with one attached hydrogen (secondary N) is 1. The Morgan fingerprint density at radius 2 is 2.09 bits per heavy atom. The first-order valence-corrected chi connectivity index (χ1v) is 8.14. The van der Waals surface area contributed by atoms with E-state index < -0.39 is 0 Å². The quantitative estimate of drug-likeness (QED) is 0.867. The summed E-state index contributed by atoms with van der Waals surface area (Å²) in [6.45, 7) is 5.42. The highest BCUT2D eigenvalue weighted by Gasteiger charge is 2.59. The zero-order valence-corrected chi connectivity index (χ0v) is 13.9. The molecule has 1 aromatic rings. The molecule has 1 N–H and O–H groups in total. The fourth-order valence-electron chi connectivity index (χ4n) is 3.41. The van der Waals surface area contributed by atoms with Crippen molar-refractivity contribution < 1.29 is 14.3 Å². The topological polar surface area (TPSA) is 76.5 Å². The molecule has 2 fully saturated rings. The molecule has 2 aliphatic rings. The van der Waals surface area contributed by atoms with Crippen LogP contribution in [0.15, 0.2) is 12.3 Å². The number of anilines is 1. The van der Waals surface area contributed by atoms with Crippen LogP contribution in [0.25, 0.3) is 0 Å². The Morgan fingerprint density at radius 1 is 1.39 bits per heavy atom. The molecule has 1 atom stereocenters. The van der Waals surface area contributed by atoms with Crippen LogP contribution in [0, 0.1) is 11.3 Å². The number of piperidine rings is 1. The molecule has 2 amide bonds. The first kappa shape index (κ1) is 15.8. The SMILES string of the molecule is COC(=O)[C@@H]1CC12CCN(C(=O)Nc1ccn(C(C)C)n1)CC2. The molecule has 0 aromatic carbocycles. The highest BCUT2D eigenvalue weighted by molar-refractivity contribution is 5.88. The van der Waals surface area contributed by atoms with Crippen LogP contribution in [0.3, 0.4) is 0 Å². The Morgan fingerprint density at radius 3 is 2.65 bits per heavy atom. The molecule has 1 saturated carbocycles. The van der Waals surface area contributed by atoms with Gasteiger partial charge in [0.15, 0.2) is 5.82 Å². The van der Waals surface area contributed by atoms with E-state index in [1.165, 1.54) is 7.11 Å². The molecule has 1 aliphatic carbocycles. The second-order valence-corrected chi connectivity index (χ2v) is 6.83. The summed E-state index contributed by atoms with van der Waals surface area (Å²) in [6.07, 6.45) is 4.48. The number of nitrogens with zero attached hydrogens (tertiary/aromatic N) is 3. The summed E-state index contributed by atoms with van der Waals surface area (Å²) in [4.78, 5) is 25.8. The predicted molar refractivity (Wildman–Crippen MR) is 85.0 cm³/mol. The number of rotatable bonds is 3. The van der Waals surface area contributed by atoms with E-state index in [2.05, 4.69) is 10.4 Å². The number of esters is 1. The number of amides is 2. The molecule has 7 nitrogen and oxygen atoms in total. The van der Waals surface area contributed by atoms with Crippen molar-refractivity contribution in [2.24, 2.45) is 11.3 Å². The molecule has 1 aliphatic heterocycles. The summed E-state index contributed by atoms with van der Waals surface area (Å²) in [6, 6.07) is 1.95. The van der Waals surface area contributed by atoms with E-state index >= 15 is 0 Å². The van der Waals surface area contributed by atoms with E-state index in [4.69, 9.17) is 4.74 Å². The lowest BCUT2D eigenvalue weighted by atomic mass is 9.91. The van der Waals surface area contributed by atoms with Crippen LogP contribution in [-0.4, -0.2) is 46.9 Å². The molecular weight excluding hydrogens is 296 g/mol. The van der Waals surface area contributed by atoms with Gasteiger partial charge in [0.2, 0.25) is 0 Å². The minimum atomic E-state index is -0.121. The molecule has 1 aromatic heterocycles.